The summed E-state index contributed by atoms with van der Waals surface area (Å²) in [6.45, 7) is -0.192. The van der Waals surface area contributed by atoms with Crippen LogP contribution in [0.3, 0.4) is 0 Å². The molecule has 10 heteroatoms. The number of alkyl halides is 3. The van der Waals surface area contributed by atoms with Crippen LogP contribution in [0.4, 0.5) is 24.5 Å². The Kier molecular flexibility index (Phi) is 5.86. The molecule has 0 atom stereocenters. The van der Waals surface area contributed by atoms with Crippen LogP contribution < -0.4 is 10.2 Å². The van der Waals surface area contributed by atoms with E-state index in [9.17, 15) is 22.8 Å². The van der Waals surface area contributed by atoms with E-state index in [1.807, 2.05) is 0 Å². The molecule has 0 aliphatic carbocycles. The largest absolute Gasteiger partial charge is 0.416 e. The molecule has 0 radical (unpaired) electrons. The minimum absolute atomic E-state index is 0.157. The maximum absolute atomic E-state index is 12.9. The lowest BCUT2D eigenvalue weighted by atomic mass is 10.1. The van der Waals surface area contributed by atoms with Gasteiger partial charge in [-0.2, -0.15) is 18.3 Å². The van der Waals surface area contributed by atoms with Crippen molar-refractivity contribution >= 4 is 23.6 Å². The van der Waals surface area contributed by atoms with Crippen LogP contribution >= 0.6 is 0 Å². The molecule has 3 rings (SSSR count). The Labute approximate surface area is 170 Å². The van der Waals surface area contributed by atoms with Crippen molar-refractivity contribution in [1.82, 2.24) is 14.8 Å². The average molecular weight is 417 g/mol. The molecule has 1 aromatic carbocycles. The summed E-state index contributed by atoms with van der Waals surface area (Å²) in [5, 5.41) is 7.04. The van der Waals surface area contributed by atoms with Gasteiger partial charge in [0, 0.05) is 37.7 Å². The third-order valence-corrected chi connectivity index (χ3v) is 4.28. The number of hydrogen-bond donors (Lipinski definition) is 1. The van der Waals surface area contributed by atoms with E-state index < -0.39 is 17.6 Å². The molecule has 0 aliphatic heterocycles. The first kappa shape index (κ1) is 21.0. The summed E-state index contributed by atoms with van der Waals surface area (Å²) in [7, 11) is 3.21. The first-order valence-corrected chi connectivity index (χ1v) is 8.81. The zero-order valence-corrected chi connectivity index (χ0v) is 16.1. The Morgan fingerprint density at radius 1 is 1.27 bits per heavy atom. The van der Waals surface area contributed by atoms with Gasteiger partial charge in [0.15, 0.2) is 6.29 Å². The number of benzene rings is 1. The van der Waals surface area contributed by atoms with Crippen molar-refractivity contribution < 1.29 is 22.8 Å². The summed E-state index contributed by atoms with van der Waals surface area (Å²) >= 11 is 0. The highest BCUT2D eigenvalue weighted by Crippen LogP contribution is 2.32. The standard InChI is InChI=1S/C20H18F3N5O2/c1-27(17-7-6-14(20(21,22)23)9-13(17)12-29)11-18(30)25-16-10-28(2)26-19(16)15-5-3-4-8-24-15/h3-10,12H,11H2,1-2H3,(H,25,30). The van der Waals surface area contributed by atoms with Crippen molar-refractivity contribution in [3.63, 3.8) is 0 Å². The molecule has 30 heavy (non-hydrogen) atoms. The van der Waals surface area contributed by atoms with Crippen LogP contribution in [-0.4, -0.2) is 40.6 Å². The number of aldehydes is 1. The smallest absolute Gasteiger partial charge is 0.365 e. The van der Waals surface area contributed by atoms with Crippen LogP contribution in [0.5, 0.6) is 0 Å². The molecule has 0 spiro atoms. The van der Waals surface area contributed by atoms with Crippen molar-refractivity contribution in [1.29, 1.82) is 0 Å². The summed E-state index contributed by atoms with van der Waals surface area (Å²) in [4.78, 5) is 29.4. The molecular weight excluding hydrogens is 399 g/mol. The first-order valence-electron chi connectivity index (χ1n) is 8.81. The summed E-state index contributed by atoms with van der Waals surface area (Å²) in [5.74, 6) is -0.431. The van der Waals surface area contributed by atoms with Crippen molar-refractivity contribution in [2.24, 2.45) is 7.05 Å². The number of carbonyl (C=O) groups excluding carboxylic acids is 2. The van der Waals surface area contributed by atoms with Gasteiger partial charge in [-0.1, -0.05) is 6.07 Å². The van der Waals surface area contributed by atoms with Crippen LogP contribution in [0.15, 0.2) is 48.8 Å². The first-order chi connectivity index (χ1) is 14.2. The van der Waals surface area contributed by atoms with Crippen molar-refractivity contribution in [2.75, 3.05) is 23.8 Å². The monoisotopic (exact) mass is 417 g/mol. The molecule has 0 fully saturated rings. The van der Waals surface area contributed by atoms with Gasteiger partial charge in [0.1, 0.15) is 5.69 Å². The Morgan fingerprint density at radius 3 is 2.67 bits per heavy atom. The second kappa shape index (κ2) is 8.36. The lowest BCUT2D eigenvalue weighted by Gasteiger charge is -2.21. The fraction of sp³-hybridized carbons (Fsp3) is 0.200. The van der Waals surface area contributed by atoms with Crippen LogP contribution in [0.1, 0.15) is 15.9 Å². The third kappa shape index (κ3) is 4.65. The zero-order valence-electron chi connectivity index (χ0n) is 16.1. The average Bonchev–Trinajstić information content (AvgIpc) is 3.07. The molecular formula is C20H18F3N5O2. The summed E-state index contributed by atoms with van der Waals surface area (Å²) in [5.41, 5.74) is 0.629. The van der Waals surface area contributed by atoms with Gasteiger partial charge in [-0.25, -0.2) is 0 Å². The highest BCUT2D eigenvalue weighted by atomic mass is 19.4. The molecule has 1 N–H and O–H groups in total. The van der Waals surface area contributed by atoms with Crippen molar-refractivity contribution in [3.05, 3.63) is 59.9 Å². The van der Waals surface area contributed by atoms with Gasteiger partial charge in [-0.05, 0) is 30.3 Å². The van der Waals surface area contributed by atoms with E-state index in [0.717, 1.165) is 12.1 Å². The molecule has 0 saturated heterocycles. The fourth-order valence-corrected chi connectivity index (χ4v) is 2.94. The third-order valence-electron chi connectivity index (χ3n) is 4.28. The van der Waals surface area contributed by atoms with Gasteiger partial charge >= 0.3 is 6.18 Å². The lowest BCUT2D eigenvalue weighted by Crippen LogP contribution is -2.30. The van der Waals surface area contributed by atoms with E-state index >= 15 is 0 Å². The minimum atomic E-state index is -4.56. The van der Waals surface area contributed by atoms with E-state index in [2.05, 4.69) is 15.4 Å². The number of hydrogen-bond acceptors (Lipinski definition) is 5. The van der Waals surface area contributed by atoms with Crippen LogP contribution in [0.2, 0.25) is 0 Å². The Morgan fingerprint density at radius 2 is 2.03 bits per heavy atom. The van der Waals surface area contributed by atoms with E-state index in [4.69, 9.17) is 0 Å². The number of rotatable bonds is 6. The topological polar surface area (TPSA) is 80.1 Å². The van der Waals surface area contributed by atoms with E-state index in [1.54, 1.807) is 37.6 Å². The fourth-order valence-electron chi connectivity index (χ4n) is 2.94. The van der Waals surface area contributed by atoms with Gasteiger partial charge in [0.2, 0.25) is 5.91 Å². The SMILES string of the molecule is CN(CC(=O)Nc1cn(C)nc1-c1ccccn1)c1ccc(C(F)(F)F)cc1C=O. The maximum Gasteiger partial charge on any atom is 0.416 e. The molecule has 0 unspecified atom stereocenters. The highest BCUT2D eigenvalue weighted by Gasteiger charge is 2.31. The normalized spacial score (nSPS) is 11.2. The number of pyridine rings is 1. The molecule has 3 aromatic rings. The van der Waals surface area contributed by atoms with E-state index in [1.165, 1.54) is 22.7 Å². The van der Waals surface area contributed by atoms with E-state index in [0.29, 0.717) is 23.4 Å². The second-order valence-corrected chi connectivity index (χ2v) is 6.57. The molecule has 1 amide bonds. The summed E-state index contributed by atoms with van der Waals surface area (Å²) < 4.78 is 40.1. The van der Waals surface area contributed by atoms with Crippen LogP contribution in [0.25, 0.3) is 11.4 Å². The Hall–Kier alpha value is -3.69. The number of likely N-dealkylation sites (N-methyl/N-ethyl adjacent to an activating group) is 1. The number of nitrogens with one attached hydrogen (secondary N) is 1. The Balaban J connectivity index is 1.77. The van der Waals surface area contributed by atoms with Crippen LogP contribution in [0, 0.1) is 0 Å². The van der Waals surface area contributed by atoms with E-state index in [-0.39, 0.29) is 17.8 Å². The molecule has 156 valence electrons. The minimum Gasteiger partial charge on any atom is -0.365 e. The number of anilines is 2. The Bertz CT molecular complexity index is 1060. The second-order valence-electron chi connectivity index (χ2n) is 6.57. The number of carbonyl (C=O) groups is 2. The molecule has 2 heterocycles. The van der Waals surface area contributed by atoms with Gasteiger partial charge in [0.05, 0.1) is 23.5 Å². The molecule has 0 saturated carbocycles. The van der Waals surface area contributed by atoms with Gasteiger partial charge in [0.25, 0.3) is 0 Å². The van der Waals surface area contributed by atoms with Gasteiger partial charge in [-0.3, -0.25) is 19.3 Å². The molecule has 7 nitrogen and oxygen atoms in total. The molecule has 0 bridgehead atoms. The van der Waals surface area contributed by atoms with Gasteiger partial charge < -0.3 is 10.2 Å². The quantitative estimate of drug-likeness (QED) is 0.622. The zero-order chi connectivity index (χ0) is 21.9. The molecule has 2 aromatic heterocycles. The van der Waals surface area contributed by atoms with Crippen molar-refractivity contribution in [2.45, 2.75) is 6.18 Å². The number of amides is 1. The summed E-state index contributed by atoms with van der Waals surface area (Å²) in [6, 6.07) is 8.11. The predicted molar refractivity (Wildman–Crippen MR) is 105 cm³/mol. The number of halogens is 3. The van der Waals surface area contributed by atoms with Crippen LogP contribution in [-0.2, 0) is 18.0 Å². The maximum atomic E-state index is 12.9. The van der Waals surface area contributed by atoms with Crippen molar-refractivity contribution in [3.8, 4) is 11.4 Å². The van der Waals surface area contributed by atoms with Gasteiger partial charge in [-0.15, -0.1) is 0 Å². The summed E-state index contributed by atoms with van der Waals surface area (Å²) in [6.07, 6.45) is -1.00. The highest BCUT2D eigenvalue weighted by molar-refractivity contribution is 5.97. The number of aromatic nitrogens is 3. The molecule has 0 aliphatic rings. The number of nitrogens with zero attached hydrogens (tertiary/aromatic N) is 4. The predicted octanol–water partition coefficient (Wildman–Crippen LogP) is 3.39. The lowest BCUT2D eigenvalue weighted by molar-refractivity contribution is -0.137. The number of aryl methyl sites for hydroxylation is 1.